The first-order chi connectivity index (χ1) is 14.8. The summed E-state index contributed by atoms with van der Waals surface area (Å²) in [6.07, 6.45) is 9.25. The topological polar surface area (TPSA) is 58.2 Å². The van der Waals surface area contributed by atoms with Crippen LogP contribution in [0.15, 0.2) is 24.3 Å². The minimum absolute atomic E-state index is 0.0364. The number of hydrogen-bond donors (Lipinski definition) is 2. The van der Waals surface area contributed by atoms with E-state index in [9.17, 15) is 9.59 Å². The van der Waals surface area contributed by atoms with Crippen molar-refractivity contribution < 1.29 is 9.59 Å². The lowest BCUT2D eigenvalue weighted by molar-refractivity contribution is -0.123. The van der Waals surface area contributed by atoms with Crippen LogP contribution in [-0.2, 0) is 10.2 Å². The van der Waals surface area contributed by atoms with Crippen LogP contribution in [0.3, 0.4) is 0 Å². The monoisotopic (exact) mass is 424 g/mol. The predicted molar refractivity (Wildman–Crippen MR) is 125 cm³/mol. The fourth-order valence-corrected chi connectivity index (χ4v) is 6.79. The van der Waals surface area contributed by atoms with Crippen LogP contribution in [0.1, 0.15) is 88.6 Å². The van der Waals surface area contributed by atoms with Crippen molar-refractivity contribution in [2.75, 3.05) is 6.54 Å². The van der Waals surface area contributed by atoms with Crippen molar-refractivity contribution in [1.82, 2.24) is 10.6 Å². The van der Waals surface area contributed by atoms with E-state index in [1.165, 1.54) is 44.1 Å². The third-order valence-corrected chi connectivity index (χ3v) is 8.05. The van der Waals surface area contributed by atoms with Gasteiger partial charge in [-0.05, 0) is 97.6 Å². The number of benzene rings is 1. The second-order valence-corrected chi connectivity index (χ2v) is 11.4. The predicted octanol–water partition coefficient (Wildman–Crippen LogP) is 5.07. The van der Waals surface area contributed by atoms with Crippen molar-refractivity contribution in [1.29, 1.82) is 0 Å². The zero-order valence-electron chi connectivity index (χ0n) is 19.7. The molecule has 4 bridgehead atoms. The van der Waals surface area contributed by atoms with Gasteiger partial charge in [0.05, 0.1) is 0 Å². The summed E-state index contributed by atoms with van der Waals surface area (Å²) in [5, 5.41) is 5.96. The number of carbonyl (C=O) groups excluding carboxylic acids is 2. The summed E-state index contributed by atoms with van der Waals surface area (Å²) >= 11 is 0. The van der Waals surface area contributed by atoms with E-state index < -0.39 is 6.04 Å². The van der Waals surface area contributed by atoms with Crippen LogP contribution in [0, 0.1) is 29.6 Å². The molecule has 31 heavy (non-hydrogen) atoms. The molecule has 0 saturated heterocycles. The number of carbonyl (C=O) groups is 2. The molecule has 1 aromatic carbocycles. The van der Waals surface area contributed by atoms with Crippen LogP contribution in [0.2, 0.25) is 0 Å². The van der Waals surface area contributed by atoms with E-state index in [2.05, 4.69) is 36.6 Å². The van der Waals surface area contributed by atoms with Gasteiger partial charge in [0.25, 0.3) is 5.91 Å². The Morgan fingerprint density at radius 3 is 1.97 bits per heavy atom. The van der Waals surface area contributed by atoms with Gasteiger partial charge in [-0.1, -0.05) is 39.8 Å². The molecule has 1 aromatic rings. The molecule has 4 aliphatic carbocycles. The van der Waals surface area contributed by atoms with Crippen molar-refractivity contribution in [3.63, 3.8) is 0 Å². The van der Waals surface area contributed by atoms with E-state index >= 15 is 0 Å². The Morgan fingerprint density at radius 1 is 0.935 bits per heavy atom. The van der Waals surface area contributed by atoms with Gasteiger partial charge in [-0.2, -0.15) is 0 Å². The highest BCUT2D eigenvalue weighted by Crippen LogP contribution is 2.60. The molecule has 4 aliphatic rings. The van der Waals surface area contributed by atoms with Crippen molar-refractivity contribution in [3.8, 4) is 0 Å². The fourth-order valence-electron chi connectivity index (χ4n) is 6.79. The average molecular weight is 425 g/mol. The van der Waals surface area contributed by atoms with Crippen molar-refractivity contribution in [3.05, 3.63) is 35.4 Å². The summed E-state index contributed by atoms with van der Waals surface area (Å²) in [5.41, 5.74) is 2.42. The molecule has 170 valence electrons. The highest BCUT2D eigenvalue weighted by molar-refractivity contribution is 5.97. The molecule has 0 radical (unpaired) electrons. The molecule has 0 spiro atoms. The highest BCUT2D eigenvalue weighted by Gasteiger charge is 2.51. The van der Waals surface area contributed by atoms with Gasteiger partial charge in [-0.15, -0.1) is 0 Å². The SMILES string of the molecule is CC(C)CCNC(=O)[C@H](NC(=O)c1ccc(C23CC4CC(CC(C4)C2)C3)cc1)C(C)C. The first-order valence-corrected chi connectivity index (χ1v) is 12.4. The molecule has 0 heterocycles. The van der Waals surface area contributed by atoms with Gasteiger partial charge in [0.1, 0.15) is 6.04 Å². The molecule has 4 saturated carbocycles. The molecule has 4 heteroatoms. The summed E-state index contributed by atoms with van der Waals surface area (Å²) in [6.45, 7) is 8.88. The van der Waals surface area contributed by atoms with Gasteiger partial charge < -0.3 is 10.6 Å². The van der Waals surface area contributed by atoms with E-state index in [1.54, 1.807) is 0 Å². The number of hydrogen-bond acceptors (Lipinski definition) is 2. The summed E-state index contributed by atoms with van der Waals surface area (Å²) in [5.74, 6) is 3.07. The quantitative estimate of drug-likeness (QED) is 0.612. The molecule has 0 unspecified atom stereocenters. The fraction of sp³-hybridized carbons (Fsp3) is 0.704. The van der Waals surface area contributed by atoms with Crippen LogP contribution in [0.4, 0.5) is 0 Å². The molecule has 1 atom stereocenters. The van der Waals surface area contributed by atoms with Crippen LogP contribution < -0.4 is 10.6 Å². The minimum Gasteiger partial charge on any atom is -0.354 e. The van der Waals surface area contributed by atoms with E-state index in [1.807, 2.05) is 26.0 Å². The molecule has 0 aliphatic heterocycles. The summed E-state index contributed by atoms with van der Waals surface area (Å²) in [7, 11) is 0. The normalized spacial score (nSPS) is 29.9. The van der Waals surface area contributed by atoms with E-state index in [4.69, 9.17) is 0 Å². The average Bonchev–Trinajstić information content (AvgIpc) is 2.70. The minimum atomic E-state index is -0.512. The van der Waals surface area contributed by atoms with Gasteiger partial charge in [0, 0.05) is 12.1 Å². The lowest BCUT2D eigenvalue weighted by Gasteiger charge is -2.57. The van der Waals surface area contributed by atoms with Gasteiger partial charge in [-0.3, -0.25) is 9.59 Å². The van der Waals surface area contributed by atoms with Crippen LogP contribution in [0.5, 0.6) is 0 Å². The van der Waals surface area contributed by atoms with Crippen molar-refractivity contribution in [2.24, 2.45) is 29.6 Å². The first-order valence-electron chi connectivity index (χ1n) is 12.4. The van der Waals surface area contributed by atoms with Crippen LogP contribution >= 0.6 is 0 Å². The lowest BCUT2D eigenvalue weighted by Crippen LogP contribution is -2.50. The molecule has 2 amide bonds. The largest absolute Gasteiger partial charge is 0.354 e. The maximum Gasteiger partial charge on any atom is 0.251 e. The third kappa shape index (κ3) is 4.83. The standard InChI is InChI=1S/C27H40N2O2/c1-17(2)9-10-28-26(31)24(18(3)4)29-25(30)22-5-7-23(8-6-22)27-14-19-11-20(15-27)13-21(12-19)16-27/h5-8,17-21,24H,9-16H2,1-4H3,(H,28,31)(H,29,30)/t19?,20?,21?,24-,27?/m1/s1. The zero-order chi connectivity index (χ0) is 22.2. The van der Waals surface area contributed by atoms with Gasteiger partial charge in [-0.25, -0.2) is 0 Å². The van der Waals surface area contributed by atoms with Gasteiger partial charge in [0.2, 0.25) is 5.91 Å². The molecule has 4 nitrogen and oxygen atoms in total. The van der Waals surface area contributed by atoms with Gasteiger partial charge in [0.15, 0.2) is 0 Å². The van der Waals surface area contributed by atoms with E-state index in [-0.39, 0.29) is 17.7 Å². The van der Waals surface area contributed by atoms with E-state index in [0.717, 1.165) is 24.2 Å². The number of rotatable bonds is 8. The number of amides is 2. The van der Waals surface area contributed by atoms with Crippen molar-refractivity contribution >= 4 is 11.8 Å². The Kier molecular flexibility index (Phi) is 6.46. The zero-order valence-corrected chi connectivity index (χ0v) is 19.7. The maximum absolute atomic E-state index is 12.9. The Morgan fingerprint density at radius 2 is 1.48 bits per heavy atom. The third-order valence-electron chi connectivity index (χ3n) is 8.05. The molecule has 5 rings (SSSR count). The van der Waals surface area contributed by atoms with Crippen molar-refractivity contribution in [2.45, 2.75) is 84.1 Å². The summed E-state index contributed by atoms with van der Waals surface area (Å²) in [4.78, 5) is 25.5. The first kappa shape index (κ1) is 22.4. The van der Waals surface area contributed by atoms with Crippen LogP contribution in [0.25, 0.3) is 0 Å². The smallest absolute Gasteiger partial charge is 0.251 e. The Balaban J connectivity index is 1.40. The second-order valence-electron chi connectivity index (χ2n) is 11.4. The lowest BCUT2D eigenvalue weighted by atomic mass is 9.48. The Hall–Kier alpha value is -1.84. The Bertz CT molecular complexity index is 761. The Labute approximate surface area is 188 Å². The molecular weight excluding hydrogens is 384 g/mol. The molecule has 4 fully saturated rings. The molecule has 0 aromatic heterocycles. The molecule has 2 N–H and O–H groups in total. The second kappa shape index (κ2) is 8.96. The highest BCUT2D eigenvalue weighted by atomic mass is 16.2. The van der Waals surface area contributed by atoms with Crippen LogP contribution in [-0.4, -0.2) is 24.4 Å². The molecular formula is C27H40N2O2. The summed E-state index contributed by atoms with van der Waals surface area (Å²) < 4.78 is 0. The summed E-state index contributed by atoms with van der Waals surface area (Å²) in [6, 6.07) is 7.81. The van der Waals surface area contributed by atoms with E-state index in [0.29, 0.717) is 23.4 Å². The number of nitrogens with one attached hydrogen (secondary N) is 2. The van der Waals surface area contributed by atoms with Gasteiger partial charge >= 0.3 is 0 Å². The maximum atomic E-state index is 12.9.